The summed E-state index contributed by atoms with van der Waals surface area (Å²) in [6.45, 7) is 8.28. The molecule has 0 N–H and O–H groups in total. The third-order valence-corrected chi connectivity index (χ3v) is 9.04. The fraction of sp³-hybridized carbons (Fsp3) is 0.486. The molecule has 4 rings (SSSR count). The summed E-state index contributed by atoms with van der Waals surface area (Å²) in [5.41, 5.74) is 4.48. The van der Waals surface area contributed by atoms with Crippen LogP contribution in [-0.2, 0) is 23.9 Å². The van der Waals surface area contributed by atoms with E-state index < -0.39 is 30.1 Å². The minimum Gasteiger partial charge on any atom is -0.461 e. The Morgan fingerprint density at radius 1 is 0.864 bits per heavy atom. The van der Waals surface area contributed by atoms with E-state index >= 15 is 0 Å². The Labute approximate surface area is 260 Å². The van der Waals surface area contributed by atoms with Gasteiger partial charge in [0.15, 0.2) is 0 Å². The second kappa shape index (κ2) is 15.0. The van der Waals surface area contributed by atoms with Crippen molar-refractivity contribution in [2.75, 3.05) is 40.4 Å². The van der Waals surface area contributed by atoms with E-state index in [9.17, 15) is 19.2 Å². The molecule has 0 aliphatic heterocycles. The van der Waals surface area contributed by atoms with Gasteiger partial charge < -0.3 is 19.3 Å². The fourth-order valence-corrected chi connectivity index (χ4v) is 6.63. The molecule has 2 atom stereocenters. The lowest BCUT2D eigenvalue weighted by Gasteiger charge is -2.37. The number of carbonyl (C=O) groups is 4. The maximum Gasteiger partial charge on any atom is 0.410 e. The number of carbonyl (C=O) groups excluding carboxylic acids is 4. The van der Waals surface area contributed by atoms with Crippen LogP contribution >= 0.6 is 0 Å². The number of fused-ring (bicyclic) bond motifs is 3. The first-order valence-corrected chi connectivity index (χ1v) is 15.6. The highest BCUT2D eigenvalue weighted by Gasteiger charge is 2.42. The zero-order chi connectivity index (χ0) is 31.8. The molecule has 0 aromatic heterocycles. The van der Waals surface area contributed by atoms with Crippen LogP contribution in [0.25, 0.3) is 11.1 Å². The summed E-state index contributed by atoms with van der Waals surface area (Å²) in [5.74, 6) is -1.53. The number of nitrogens with zero attached hydrogens (tertiary/aromatic N) is 3. The molecule has 236 valence electrons. The summed E-state index contributed by atoms with van der Waals surface area (Å²) in [4.78, 5) is 58.4. The lowest BCUT2D eigenvalue weighted by Crippen LogP contribution is -2.57. The van der Waals surface area contributed by atoms with Crippen molar-refractivity contribution >= 4 is 23.9 Å². The van der Waals surface area contributed by atoms with Gasteiger partial charge in [0, 0.05) is 33.1 Å². The van der Waals surface area contributed by atoms with Crippen LogP contribution < -0.4 is 0 Å². The van der Waals surface area contributed by atoms with Gasteiger partial charge in [0.25, 0.3) is 0 Å². The van der Waals surface area contributed by atoms with Crippen LogP contribution in [0.1, 0.15) is 63.0 Å². The maximum absolute atomic E-state index is 14.2. The van der Waals surface area contributed by atoms with E-state index in [0.29, 0.717) is 13.1 Å². The molecule has 2 aliphatic carbocycles. The summed E-state index contributed by atoms with van der Waals surface area (Å²) in [6.07, 6.45) is 4.02. The zero-order valence-electron chi connectivity index (χ0n) is 26.4. The lowest BCUT2D eigenvalue weighted by atomic mass is 9.95. The molecule has 1 fully saturated rings. The SMILES string of the molecule is C=CCOC(=O)C[C@@H](C(=O)N(CC)CC)N(C)C(=O)[C@H](C1CCCC1)N(C)C(=O)OCC1c2ccccc2-c2ccccc21. The van der Waals surface area contributed by atoms with Crippen LogP contribution in [0.2, 0.25) is 0 Å². The van der Waals surface area contributed by atoms with Gasteiger partial charge in [-0.05, 0) is 54.9 Å². The molecule has 9 heteroatoms. The van der Waals surface area contributed by atoms with Crippen LogP contribution in [-0.4, -0.2) is 91.1 Å². The Morgan fingerprint density at radius 2 is 1.43 bits per heavy atom. The van der Waals surface area contributed by atoms with Crippen LogP contribution in [0.15, 0.2) is 61.2 Å². The Hall–Kier alpha value is -4.14. The van der Waals surface area contributed by atoms with Crippen molar-refractivity contribution in [3.63, 3.8) is 0 Å². The highest BCUT2D eigenvalue weighted by atomic mass is 16.6. The van der Waals surface area contributed by atoms with Crippen molar-refractivity contribution in [2.24, 2.45) is 5.92 Å². The number of ether oxygens (including phenoxy) is 2. The number of hydrogen-bond donors (Lipinski definition) is 0. The minimum absolute atomic E-state index is 0.0118. The van der Waals surface area contributed by atoms with Gasteiger partial charge in [-0.1, -0.05) is 74.0 Å². The highest BCUT2D eigenvalue weighted by Crippen LogP contribution is 2.44. The Kier molecular flexibility index (Phi) is 11.2. The molecule has 0 heterocycles. The molecule has 1 saturated carbocycles. The molecular weight excluding hydrogens is 558 g/mol. The predicted molar refractivity (Wildman–Crippen MR) is 169 cm³/mol. The van der Waals surface area contributed by atoms with Crippen molar-refractivity contribution in [3.8, 4) is 11.1 Å². The van der Waals surface area contributed by atoms with Gasteiger partial charge in [0.05, 0.1) is 6.42 Å². The lowest BCUT2D eigenvalue weighted by molar-refractivity contribution is -0.153. The van der Waals surface area contributed by atoms with E-state index in [1.54, 1.807) is 11.9 Å². The average Bonchev–Trinajstić information content (AvgIpc) is 3.68. The zero-order valence-corrected chi connectivity index (χ0v) is 26.4. The van der Waals surface area contributed by atoms with E-state index in [1.165, 1.54) is 22.9 Å². The van der Waals surface area contributed by atoms with Crippen LogP contribution in [0.4, 0.5) is 4.79 Å². The third-order valence-electron chi connectivity index (χ3n) is 9.04. The monoisotopic (exact) mass is 603 g/mol. The van der Waals surface area contributed by atoms with E-state index in [4.69, 9.17) is 9.47 Å². The largest absolute Gasteiger partial charge is 0.461 e. The number of rotatable bonds is 13. The van der Waals surface area contributed by atoms with Crippen LogP contribution in [0.3, 0.4) is 0 Å². The van der Waals surface area contributed by atoms with Crippen molar-refractivity contribution in [1.82, 2.24) is 14.7 Å². The highest BCUT2D eigenvalue weighted by molar-refractivity contribution is 5.93. The molecule has 9 nitrogen and oxygen atoms in total. The first kappa shape index (κ1) is 32.8. The third kappa shape index (κ3) is 6.98. The quantitative estimate of drug-likeness (QED) is 0.230. The summed E-state index contributed by atoms with van der Waals surface area (Å²) >= 11 is 0. The van der Waals surface area contributed by atoms with Crippen LogP contribution in [0.5, 0.6) is 0 Å². The smallest absolute Gasteiger partial charge is 0.410 e. The topological polar surface area (TPSA) is 96.5 Å². The van der Waals surface area contributed by atoms with Gasteiger partial charge in [0.2, 0.25) is 11.8 Å². The van der Waals surface area contributed by atoms with Crippen molar-refractivity contribution < 1.29 is 28.7 Å². The van der Waals surface area contributed by atoms with Gasteiger partial charge in [-0.2, -0.15) is 0 Å². The van der Waals surface area contributed by atoms with E-state index in [-0.39, 0.29) is 37.4 Å². The van der Waals surface area contributed by atoms with Gasteiger partial charge in [0.1, 0.15) is 25.3 Å². The average molecular weight is 604 g/mol. The summed E-state index contributed by atoms with van der Waals surface area (Å²) in [5, 5.41) is 0. The first-order valence-electron chi connectivity index (χ1n) is 15.6. The summed E-state index contributed by atoms with van der Waals surface area (Å²) in [6, 6.07) is 14.3. The standard InChI is InChI=1S/C35H45N3O6/c1-6-21-43-31(39)22-30(33(40)38(7-2)8-3)36(4)34(41)32(24-15-9-10-16-24)37(5)35(42)44-23-29-27-19-13-11-17-25(27)26-18-12-14-20-28(26)29/h6,11-14,17-20,24,29-30,32H,1,7-10,15-16,21-23H2,2-5H3/t30-,32-/m0/s1. The van der Waals surface area contributed by atoms with E-state index in [1.807, 2.05) is 38.1 Å². The minimum atomic E-state index is -1.07. The maximum atomic E-state index is 14.2. The molecule has 3 amide bonds. The second-order valence-corrected chi connectivity index (χ2v) is 11.6. The Balaban J connectivity index is 1.54. The predicted octanol–water partition coefficient (Wildman–Crippen LogP) is 5.24. The van der Waals surface area contributed by atoms with Crippen molar-refractivity contribution in [2.45, 2.75) is 64.0 Å². The summed E-state index contributed by atoms with van der Waals surface area (Å²) < 4.78 is 11.1. The number of benzene rings is 2. The number of likely N-dealkylation sites (N-methyl/N-ethyl adjacent to an activating group) is 3. The van der Waals surface area contributed by atoms with E-state index in [2.05, 4.69) is 30.8 Å². The van der Waals surface area contributed by atoms with Crippen molar-refractivity contribution in [3.05, 3.63) is 72.3 Å². The van der Waals surface area contributed by atoms with Gasteiger partial charge in [-0.15, -0.1) is 0 Å². The second-order valence-electron chi connectivity index (χ2n) is 11.6. The fourth-order valence-electron chi connectivity index (χ4n) is 6.63. The molecule has 2 aromatic carbocycles. The van der Waals surface area contributed by atoms with Gasteiger partial charge in [-0.25, -0.2) is 4.79 Å². The molecule has 0 saturated heterocycles. The van der Waals surface area contributed by atoms with E-state index in [0.717, 1.165) is 47.9 Å². The molecule has 0 bridgehead atoms. The molecule has 0 radical (unpaired) electrons. The molecule has 2 aromatic rings. The van der Waals surface area contributed by atoms with Gasteiger partial charge >= 0.3 is 12.1 Å². The van der Waals surface area contributed by atoms with Crippen LogP contribution in [0, 0.1) is 5.92 Å². The number of esters is 1. The molecular formula is C35H45N3O6. The number of amides is 3. The van der Waals surface area contributed by atoms with Gasteiger partial charge in [-0.3, -0.25) is 19.3 Å². The molecule has 0 unspecified atom stereocenters. The first-order chi connectivity index (χ1) is 21.2. The number of hydrogen-bond acceptors (Lipinski definition) is 6. The molecule has 2 aliphatic rings. The Morgan fingerprint density at radius 3 is 1.98 bits per heavy atom. The van der Waals surface area contributed by atoms with Crippen molar-refractivity contribution in [1.29, 1.82) is 0 Å². The molecule has 44 heavy (non-hydrogen) atoms. The Bertz CT molecular complexity index is 1300. The normalized spacial score (nSPS) is 15.5. The summed E-state index contributed by atoms with van der Waals surface area (Å²) in [7, 11) is 3.12. The molecule has 0 spiro atoms.